The maximum Gasteiger partial charge on any atom is 0.400 e. The number of benzene rings is 1. The number of rotatable bonds is 15. The van der Waals surface area contributed by atoms with Crippen molar-refractivity contribution < 1.29 is 16.8 Å². The molecule has 5 heteroatoms. The Kier molecular flexibility index (Phi) is 11.8. The molecule has 24 heavy (non-hydrogen) atoms. The highest BCUT2D eigenvalue weighted by Gasteiger charge is 2.11. The Balaban J connectivity index is 1.96. The zero-order valence-corrected chi connectivity index (χ0v) is 15.7. The lowest BCUT2D eigenvalue weighted by molar-refractivity contribution is 0.205. The van der Waals surface area contributed by atoms with Crippen LogP contribution in [0.3, 0.4) is 0 Å². The summed E-state index contributed by atoms with van der Waals surface area (Å²) in [4.78, 5) is 0. The van der Waals surface area contributed by atoms with Gasteiger partial charge >= 0.3 is 10.4 Å². The van der Waals surface area contributed by atoms with Gasteiger partial charge < -0.3 is 0 Å². The molecule has 0 aromatic heterocycles. The molecule has 0 amide bonds. The van der Waals surface area contributed by atoms with Gasteiger partial charge in [0.15, 0.2) is 0 Å². The fraction of sp³-hybridized carbons (Fsp3) is 0.684. The van der Waals surface area contributed by atoms with Crippen molar-refractivity contribution in [2.24, 2.45) is 0 Å². The van der Waals surface area contributed by atoms with Crippen molar-refractivity contribution in [1.82, 2.24) is 0 Å². The summed E-state index contributed by atoms with van der Waals surface area (Å²) in [5, 5.41) is 0. The van der Waals surface area contributed by atoms with Crippen molar-refractivity contribution in [3.8, 4) is 0 Å². The average Bonchev–Trinajstić information content (AvgIpc) is 2.59. The van der Waals surface area contributed by atoms with E-state index in [4.69, 9.17) is 8.37 Å². The molecule has 1 rings (SSSR count). The van der Waals surface area contributed by atoms with E-state index in [1.807, 2.05) is 30.3 Å². The van der Waals surface area contributed by atoms with Crippen LogP contribution in [0.25, 0.3) is 0 Å². The second-order valence-electron chi connectivity index (χ2n) is 6.16. The predicted octanol–water partition coefficient (Wildman–Crippen LogP) is 5.39. The molecule has 0 N–H and O–H groups in total. The van der Waals surface area contributed by atoms with Gasteiger partial charge in [0.2, 0.25) is 0 Å². The van der Waals surface area contributed by atoms with Crippen molar-refractivity contribution in [1.29, 1.82) is 0 Å². The SMILES string of the molecule is CCCCCCCCCCCCOS(=O)(=O)OCc1ccccc1. The minimum Gasteiger partial charge on any atom is -0.248 e. The van der Waals surface area contributed by atoms with Gasteiger partial charge in [-0.2, -0.15) is 8.42 Å². The molecule has 0 unspecified atom stereocenters. The predicted molar refractivity (Wildman–Crippen MR) is 97.9 cm³/mol. The van der Waals surface area contributed by atoms with E-state index in [9.17, 15) is 8.42 Å². The summed E-state index contributed by atoms with van der Waals surface area (Å²) in [6.45, 7) is 2.45. The van der Waals surface area contributed by atoms with Crippen LogP contribution in [0.15, 0.2) is 30.3 Å². The summed E-state index contributed by atoms with van der Waals surface area (Å²) in [7, 11) is -3.89. The maximum atomic E-state index is 11.6. The first-order valence-corrected chi connectivity index (χ1v) is 10.5. The van der Waals surface area contributed by atoms with Crippen LogP contribution in [0.5, 0.6) is 0 Å². The highest BCUT2D eigenvalue weighted by Crippen LogP contribution is 2.11. The standard InChI is InChI=1S/C19H32O4S/c1-2-3-4-5-6-7-8-9-10-14-17-22-24(20,21)23-18-19-15-12-11-13-16-19/h11-13,15-16H,2-10,14,17-18H2,1H3. The summed E-state index contributed by atoms with van der Waals surface area (Å²) in [6, 6.07) is 9.20. The molecule has 0 aliphatic heterocycles. The van der Waals surface area contributed by atoms with Gasteiger partial charge in [-0.25, -0.2) is 8.37 Å². The van der Waals surface area contributed by atoms with Gasteiger partial charge in [0.05, 0.1) is 13.2 Å². The molecular formula is C19H32O4S. The van der Waals surface area contributed by atoms with Crippen LogP contribution in [0.4, 0.5) is 0 Å². The van der Waals surface area contributed by atoms with Crippen molar-refractivity contribution in [3.63, 3.8) is 0 Å². The minimum atomic E-state index is -3.89. The normalized spacial score (nSPS) is 11.7. The fourth-order valence-corrected chi connectivity index (χ4v) is 3.17. The third-order valence-corrected chi connectivity index (χ3v) is 4.80. The largest absolute Gasteiger partial charge is 0.400 e. The lowest BCUT2D eigenvalue weighted by atomic mass is 10.1. The molecule has 0 saturated heterocycles. The first kappa shape index (κ1) is 21.1. The van der Waals surface area contributed by atoms with Gasteiger partial charge in [-0.15, -0.1) is 0 Å². The fourth-order valence-electron chi connectivity index (χ4n) is 2.50. The molecule has 0 heterocycles. The lowest BCUT2D eigenvalue weighted by Crippen LogP contribution is -2.11. The Morgan fingerprint density at radius 1 is 0.750 bits per heavy atom. The van der Waals surface area contributed by atoms with Gasteiger partial charge in [0.25, 0.3) is 0 Å². The van der Waals surface area contributed by atoms with Gasteiger partial charge in [-0.05, 0) is 12.0 Å². The summed E-state index contributed by atoms with van der Waals surface area (Å²) in [5.41, 5.74) is 0.809. The first-order chi connectivity index (χ1) is 11.6. The second kappa shape index (κ2) is 13.4. The maximum absolute atomic E-state index is 11.6. The van der Waals surface area contributed by atoms with E-state index in [0.29, 0.717) is 0 Å². The number of unbranched alkanes of at least 4 members (excludes halogenated alkanes) is 9. The molecule has 0 aliphatic carbocycles. The van der Waals surface area contributed by atoms with Gasteiger partial charge in [-0.1, -0.05) is 95.0 Å². The van der Waals surface area contributed by atoms with E-state index in [2.05, 4.69) is 6.92 Å². The Labute approximate surface area is 147 Å². The van der Waals surface area contributed by atoms with Crippen LogP contribution in [-0.2, 0) is 25.4 Å². The first-order valence-electron chi connectivity index (χ1n) is 9.22. The van der Waals surface area contributed by atoms with Crippen LogP contribution in [-0.4, -0.2) is 15.0 Å². The Hall–Kier alpha value is -0.910. The Morgan fingerprint density at radius 2 is 1.29 bits per heavy atom. The van der Waals surface area contributed by atoms with E-state index in [1.165, 1.54) is 44.9 Å². The van der Waals surface area contributed by atoms with Gasteiger partial charge in [-0.3, -0.25) is 0 Å². The molecule has 0 fully saturated rings. The second-order valence-corrected chi connectivity index (χ2v) is 7.45. The molecule has 4 nitrogen and oxygen atoms in total. The van der Waals surface area contributed by atoms with Crippen molar-refractivity contribution in [2.75, 3.05) is 6.61 Å². The van der Waals surface area contributed by atoms with Crippen molar-refractivity contribution in [3.05, 3.63) is 35.9 Å². The zero-order valence-electron chi connectivity index (χ0n) is 14.9. The molecule has 1 aromatic rings. The van der Waals surface area contributed by atoms with Crippen LogP contribution >= 0.6 is 0 Å². The van der Waals surface area contributed by atoms with E-state index >= 15 is 0 Å². The number of hydrogen-bond donors (Lipinski definition) is 0. The molecular weight excluding hydrogens is 324 g/mol. The third-order valence-electron chi connectivity index (χ3n) is 3.94. The van der Waals surface area contributed by atoms with Gasteiger partial charge in [0.1, 0.15) is 0 Å². The molecule has 0 radical (unpaired) electrons. The van der Waals surface area contributed by atoms with E-state index < -0.39 is 10.4 Å². The molecule has 0 saturated carbocycles. The third kappa shape index (κ3) is 11.6. The minimum absolute atomic E-state index is 0.0151. The summed E-state index contributed by atoms with van der Waals surface area (Å²) >= 11 is 0. The monoisotopic (exact) mass is 356 g/mol. The molecule has 0 spiro atoms. The highest BCUT2D eigenvalue weighted by atomic mass is 32.3. The van der Waals surface area contributed by atoms with Crippen molar-refractivity contribution >= 4 is 10.4 Å². The quantitative estimate of drug-likeness (QED) is 0.396. The summed E-state index contributed by atoms with van der Waals surface area (Å²) < 4.78 is 33.0. The smallest absolute Gasteiger partial charge is 0.248 e. The molecule has 0 bridgehead atoms. The lowest BCUT2D eigenvalue weighted by Gasteiger charge is -2.06. The summed E-state index contributed by atoms with van der Waals surface area (Å²) in [6.07, 6.45) is 12.1. The highest BCUT2D eigenvalue weighted by molar-refractivity contribution is 7.81. The topological polar surface area (TPSA) is 52.6 Å². The zero-order chi connectivity index (χ0) is 17.5. The van der Waals surface area contributed by atoms with E-state index in [1.54, 1.807) is 0 Å². The molecule has 1 aromatic carbocycles. The van der Waals surface area contributed by atoms with E-state index in [-0.39, 0.29) is 13.2 Å². The van der Waals surface area contributed by atoms with Crippen LogP contribution in [0.1, 0.15) is 76.7 Å². The Morgan fingerprint density at radius 3 is 1.88 bits per heavy atom. The van der Waals surface area contributed by atoms with Crippen molar-refractivity contribution in [2.45, 2.75) is 77.7 Å². The van der Waals surface area contributed by atoms with E-state index in [0.717, 1.165) is 24.8 Å². The number of hydrogen-bond acceptors (Lipinski definition) is 4. The Bertz CT molecular complexity index is 499. The summed E-state index contributed by atoms with van der Waals surface area (Å²) in [5.74, 6) is 0. The molecule has 0 atom stereocenters. The molecule has 138 valence electrons. The molecule has 0 aliphatic rings. The van der Waals surface area contributed by atoms with Crippen LogP contribution in [0, 0.1) is 0 Å². The van der Waals surface area contributed by atoms with Crippen LogP contribution < -0.4 is 0 Å². The van der Waals surface area contributed by atoms with Gasteiger partial charge in [0, 0.05) is 0 Å². The van der Waals surface area contributed by atoms with Crippen LogP contribution in [0.2, 0.25) is 0 Å². The average molecular weight is 357 g/mol.